The van der Waals surface area contributed by atoms with Crippen LogP contribution in [0.3, 0.4) is 0 Å². The van der Waals surface area contributed by atoms with E-state index in [1.54, 1.807) is 0 Å². The highest BCUT2D eigenvalue weighted by molar-refractivity contribution is 5.97. The van der Waals surface area contributed by atoms with E-state index >= 15 is 0 Å². The second kappa shape index (κ2) is 5.60. The van der Waals surface area contributed by atoms with Crippen molar-refractivity contribution in [3.63, 3.8) is 0 Å². The quantitative estimate of drug-likeness (QED) is 0.796. The number of piperidine rings is 1. The molecule has 5 heteroatoms. The number of benzene rings is 1. The first-order valence-corrected chi connectivity index (χ1v) is 7.77. The summed E-state index contributed by atoms with van der Waals surface area (Å²) >= 11 is 0. The van der Waals surface area contributed by atoms with Crippen molar-refractivity contribution in [2.24, 2.45) is 11.3 Å². The highest BCUT2D eigenvalue weighted by Crippen LogP contribution is 2.58. The molecule has 1 atom stereocenters. The van der Waals surface area contributed by atoms with E-state index in [9.17, 15) is 4.79 Å². The van der Waals surface area contributed by atoms with Crippen LogP contribution in [0.4, 0.5) is 5.69 Å². The Hall–Kier alpha value is -1.52. The molecule has 2 aromatic rings. The van der Waals surface area contributed by atoms with Gasteiger partial charge in [-0.05, 0) is 69.0 Å². The summed E-state index contributed by atoms with van der Waals surface area (Å²) in [5.41, 5.74) is 3.46. The molecule has 2 fully saturated rings. The number of halogens is 1. The van der Waals surface area contributed by atoms with Crippen molar-refractivity contribution < 1.29 is 4.79 Å². The lowest BCUT2D eigenvalue weighted by Crippen LogP contribution is -2.31. The van der Waals surface area contributed by atoms with Crippen molar-refractivity contribution >= 4 is 34.9 Å². The molecule has 1 spiro atoms. The van der Waals surface area contributed by atoms with Crippen LogP contribution in [0.1, 0.15) is 25.0 Å². The monoisotopic (exact) mass is 319 g/mol. The Morgan fingerprint density at radius 1 is 1.27 bits per heavy atom. The highest BCUT2D eigenvalue weighted by atomic mass is 35.5. The summed E-state index contributed by atoms with van der Waals surface area (Å²) in [5, 5.41) is 7.63. The van der Waals surface area contributed by atoms with Gasteiger partial charge in [-0.15, -0.1) is 12.4 Å². The van der Waals surface area contributed by atoms with Crippen LogP contribution in [-0.4, -0.2) is 24.0 Å². The van der Waals surface area contributed by atoms with Gasteiger partial charge in [-0.25, -0.2) is 0 Å². The predicted molar refractivity (Wildman–Crippen MR) is 91.6 cm³/mol. The molecular weight excluding hydrogens is 298 g/mol. The number of fused-ring (bicyclic) bond motifs is 1. The second-order valence-corrected chi connectivity index (χ2v) is 6.61. The first-order valence-electron chi connectivity index (χ1n) is 7.77. The van der Waals surface area contributed by atoms with Crippen LogP contribution in [0.25, 0.3) is 10.9 Å². The van der Waals surface area contributed by atoms with E-state index in [0.29, 0.717) is 5.41 Å². The normalized spacial score (nSPS) is 22.3. The number of aromatic nitrogens is 1. The topological polar surface area (TPSA) is 56.9 Å². The number of aromatic amines is 1. The van der Waals surface area contributed by atoms with Gasteiger partial charge >= 0.3 is 0 Å². The van der Waals surface area contributed by atoms with Crippen LogP contribution in [-0.2, 0) is 4.79 Å². The minimum Gasteiger partial charge on any atom is -0.359 e. The van der Waals surface area contributed by atoms with Crippen LogP contribution >= 0.6 is 12.4 Å². The third-order valence-electron chi connectivity index (χ3n) is 5.13. The Bertz CT molecular complexity index is 703. The van der Waals surface area contributed by atoms with Gasteiger partial charge in [0.1, 0.15) is 0 Å². The van der Waals surface area contributed by atoms with Crippen molar-refractivity contribution in [2.45, 2.75) is 26.2 Å². The van der Waals surface area contributed by atoms with Crippen molar-refractivity contribution in [1.29, 1.82) is 0 Å². The lowest BCUT2D eigenvalue weighted by Gasteiger charge is -2.23. The predicted octanol–water partition coefficient (Wildman–Crippen LogP) is 3.23. The fourth-order valence-corrected chi connectivity index (χ4v) is 3.78. The molecule has 1 unspecified atom stereocenters. The maximum absolute atomic E-state index is 12.5. The molecule has 0 bridgehead atoms. The number of hydrogen-bond acceptors (Lipinski definition) is 2. The van der Waals surface area contributed by atoms with Gasteiger partial charge in [-0.2, -0.15) is 0 Å². The molecule has 4 nitrogen and oxygen atoms in total. The first kappa shape index (κ1) is 15.4. The van der Waals surface area contributed by atoms with E-state index in [2.05, 4.69) is 21.7 Å². The Morgan fingerprint density at radius 3 is 2.82 bits per heavy atom. The molecule has 22 heavy (non-hydrogen) atoms. The fraction of sp³-hybridized carbons (Fsp3) is 0.471. The average molecular weight is 320 g/mol. The van der Waals surface area contributed by atoms with Gasteiger partial charge in [0.25, 0.3) is 0 Å². The average Bonchev–Trinajstić information content (AvgIpc) is 3.02. The zero-order chi connectivity index (χ0) is 14.4. The van der Waals surface area contributed by atoms with E-state index in [4.69, 9.17) is 0 Å². The number of hydrogen-bond donors (Lipinski definition) is 3. The second-order valence-electron chi connectivity index (χ2n) is 6.61. The summed E-state index contributed by atoms with van der Waals surface area (Å²) in [5.74, 6) is 0.409. The number of amides is 1. The number of aryl methyl sites for hydroxylation is 1. The molecule has 0 radical (unpaired) electrons. The molecule has 4 rings (SSSR count). The first-order chi connectivity index (χ1) is 10.2. The minimum atomic E-state index is 0. The molecule has 1 saturated carbocycles. The minimum absolute atomic E-state index is 0. The summed E-state index contributed by atoms with van der Waals surface area (Å²) in [6.07, 6.45) is 3.34. The van der Waals surface area contributed by atoms with Gasteiger partial charge in [-0.1, -0.05) is 0 Å². The lowest BCUT2D eigenvalue weighted by molar-refractivity contribution is -0.118. The number of carbonyl (C=O) groups excluding carboxylic acids is 1. The summed E-state index contributed by atoms with van der Waals surface area (Å²) in [6, 6.07) is 8.17. The zero-order valence-electron chi connectivity index (χ0n) is 12.7. The van der Waals surface area contributed by atoms with Crippen LogP contribution in [0, 0.1) is 18.3 Å². The molecule has 2 aliphatic rings. The number of anilines is 1. The summed E-state index contributed by atoms with van der Waals surface area (Å²) < 4.78 is 0. The van der Waals surface area contributed by atoms with Gasteiger partial charge in [0, 0.05) is 28.2 Å². The molecule has 1 aliphatic heterocycles. The standard InChI is InChI=1S/C17H21N3O.ClH/c1-11-8-12-9-13(2-3-15(12)19-11)20-16(21)14-10-17(14)4-6-18-7-5-17;/h2-3,8-9,14,18-19H,4-7,10H2,1H3,(H,20,21);1H. The Labute approximate surface area is 136 Å². The summed E-state index contributed by atoms with van der Waals surface area (Å²) in [7, 11) is 0. The third kappa shape index (κ3) is 2.61. The molecule has 3 N–H and O–H groups in total. The molecule has 1 aromatic carbocycles. The van der Waals surface area contributed by atoms with Gasteiger partial charge in [0.05, 0.1) is 0 Å². The van der Waals surface area contributed by atoms with E-state index in [-0.39, 0.29) is 24.2 Å². The number of carbonyl (C=O) groups is 1. The fourth-order valence-electron chi connectivity index (χ4n) is 3.78. The van der Waals surface area contributed by atoms with Gasteiger partial charge in [-0.3, -0.25) is 4.79 Å². The summed E-state index contributed by atoms with van der Waals surface area (Å²) in [6.45, 7) is 4.15. The molecular formula is C17H22ClN3O. The highest BCUT2D eigenvalue weighted by Gasteiger charge is 2.57. The maximum atomic E-state index is 12.5. The molecule has 1 amide bonds. The van der Waals surface area contributed by atoms with Crippen molar-refractivity contribution in [3.8, 4) is 0 Å². The van der Waals surface area contributed by atoms with Crippen LogP contribution in [0.15, 0.2) is 24.3 Å². The van der Waals surface area contributed by atoms with Crippen molar-refractivity contribution in [1.82, 2.24) is 10.3 Å². The molecule has 1 saturated heterocycles. The largest absolute Gasteiger partial charge is 0.359 e. The molecule has 1 aromatic heterocycles. The van der Waals surface area contributed by atoms with E-state index in [1.165, 1.54) is 0 Å². The van der Waals surface area contributed by atoms with E-state index in [0.717, 1.165) is 54.6 Å². The molecule has 1 aliphatic carbocycles. The van der Waals surface area contributed by atoms with Gasteiger partial charge in [0.15, 0.2) is 0 Å². The number of rotatable bonds is 2. The van der Waals surface area contributed by atoms with Gasteiger partial charge < -0.3 is 15.6 Å². The molecule has 118 valence electrons. The van der Waals surface area contributed by atoms with E-state index in [1.807, 2.05) is 25.1 Å². The SMILES string of the molecule is Cc1cc2cc(NC(=O)C3CC34CCNCC4)ccc2[nH]1.Cl. The number of H-pyrrole nitrogens is 1. The zero-order valence-corrected chi connectivity index (χ0v) is 13.6. The third-order valence-corrected chi connectivity index (χ3v) is 5.13. The maximum Gasteiger partial charge on any atom is 0.228 e. The Kier molecular flexibility index (Phi) is 3.91. The van der Waals surface area contributed by atoms with Crippen molar-refractivity contribution in [2.75, 3.05) is 18.4 Å². The molecule has 2 heterocycles. The lowest BCUT2D eigenvalue weighted by atomic mass is 9.92. The van der Waals surface area contributed by atoms with Gasteiger partial charge in [0.2, 0.25) is 5.91 Å². The smallest absolute Gasteiger partial charge is 0.228 e. The van der Waals surface area contributed by atoms with Crippen LogP contribution < -0.4 is 10.6 Å². The van der Waals surface area contributed by atoms with Crippen molar-refractivity contribution in [3.05, 3.63) is 30.0 Å². The Balaban J connectivity index is 0.00000144. The number of nitrogens with one attached hydrogen (secondary N) is 3. The van der Waals surface area contributed by atoms with Crippen LogP contribution in [0.5, 0.6) is 0 Å². The van der Waals surface area contributed by atoms with Crippen LogP contribution in [0.2, 0.25) is 0 Å². The van der Waals surface area contributed by atoms with E-state index < -0.39 is 0 Å². The Morgan fingerprint density at radius 2 is 2.05 bits per heavy atom. The summed E-state index contributed by atoms with van der Waals surface area (Å²) in [4.78, 5) is 15.8.